The third kappa shape index (κ3) is 6.42. The van der Waals surface area contributed by atoms with Gasteiger partial charge in [-0.25, -0.2) is 0 Å². The van der Waals surface area contributed by atoms with Gasteiger partial charge in [0, 0.05) is 25.7 Å². The zero-order valence-corrected chi connectivity index (χ0v) is 18.3. The van der Waals surface area contributed by atoms with E-state index in [1.54, 1.807) is 0 Å². The van der Waals surface area contributed by atoms with Crippen molar-refractivity contribution in [1.82, 2.24) is 10.2 Å². The summed E-state index contributed by atoms with van der Waals surface area (Å²) in [7, 11) is 0. The summed E-state index contributed by atoms with van der Waals surface area (Å²) in [6, 6.07) is 27.9. The van der Waals surface area contributed by atoms with E-state index in [2.05, 4.69) is 34.5 Å². The van der Waals surface area contributed by atoms with Crippen LogP contribution in [0.2, 0.25) is 0 Å². The molecule has 166 valence electrons. The minimum Gasteiger partial charge on any atom is -0.489 e. The van der Waals surface area contributed by atoms with Crippen LogP contribution in [0.4, 0.5) is 0 Å². The quantitative estimate of drug-likeness (QED) is 0.546. The maximum Gasteiger partial charge on any atom is 0.237 e. The molecule has 0 spiro atoms. The van der Waals surface area contributed by atoms with Crippen molar-refractivity contribution in [3.8, 4) is 5.75 Å². The fraction of sp³-hybridized carbons (Fsp3) is 0.296. The molecular formula is C27H31N3O2. The average Bonchev–Trinajstić information content (AvgIpc) is 3.26. The topological polar surface area (TPSA) is 67.6 Å². The molecule has 2 unspecified atom stereocenters. The number of carbonyl (C=O) groups is 1. The molecule has 1 amide bonds. The number of hydrogen-bond donors (Lipinski definition) is 2. The van der Waals surface area contributed by atoms with Gasteiger partial charge in [0.15, 0.2) is 0 Å². The van der Waals surface area contributed by atoms with E-state index in [0.717, 1.165) is 42.9 Å². The predicted octanol–water partition coefficient (Wildman–Crippen LogP) is 3.53. The minimum atomic E-state index is -0.561. The highest BCUT2D eigenvalue weighted by molar-refractivity contribution is 5.82. The number of likely N-dealkylation sites (tertiary alicyclic amines) is 1. The standard InChI is InChI=1S/C27H31N3O2/c28-26(17-21-11-13-25(14-12-21)32-20-23-9-5-2-6-10-23)27(31)29-24-15-16-30(19-24)18-22-7-3-1-4-8-22/h1-14,24,26H,15-20,28H2,(H,29,31). The lowest BCUT2D eigenvalue weighted by Crippen LogP contribution is -2.47. The lowest BCUT2D eigenvalue weighted by molar-refractivity contribution is -0.123. The Hall–Kier alpha value is -3.15. The monoisotopic (exact) mass is 429 g/mol. The van der Waals surface area contributed by atoms with Crippen molar-refractivity contribution in [3.63, 3.8) is 0 Å². The summed E-state index contributed by atoms with van der Waals surface area (Å²) < 4.78 is 5.83. The van der Waals surface area contributed by atoms with Crippen LogP contribution in [0.1, 0.15) is 23.1 Å². The Morgan fingerprint density at radius 3 is 2.28 bits per heavy atom. The molecule has 5 heteroatoms. The van der Waals surface area contributed by atoms with Crippen molar-refractivity contribution in [2.75, 3.05) is 13.1 Å². The number of nitrogens with zero attached hydrogens (tertiary/aromatic N) is 1. The third-order valence-corrected chi connectivity index (χ3v) is 5.83. The summed E-state index contributed by atoms with van der Waals surface area (Å²) >= 11 is 0. The first kappa shape index (κ1) is 22.1. The molecule has 0 saturated carbocycles. The van der Waals surface area contributed by atoms with Crippen LogP contribution < -0.4 is 15.8 Å². The molecule has 4 rings (SSSR count). The SMILES string of the molecule is NC(Cc1ccc(OCc2ccccc2)cc1)C(=O)NC1CCN(Cc2ccccc2)C1. The van der Waals surface area contributed by atoms with Crippen molar-refractivity contribution in [2.45, 2.75) is 38.1 Å². The van der Waals surface area contributed by atoms with Crippen molar-refractivity contribution >= 4 is 5.91 Å². The van der Waals surface area contributed by atoms with Gasteiger partial charge in [0.05, 0.1) is 6.04 Å². The molecular weight excluding hydrogens is 398 g/mol. The number of nitrogens with two attached hydrogens (primary N) is 1. The number of nitrogens with one attached hydrogen (secondary N) is 1. The number of ether oxygens (including phenoxy) is 1. The highest BCUT2D eigenvalue weighted by Gasteiger charge is 2.25. The molecule has 2 atom stereocenters. The van der Waals surface area contributed by atoms with Gasteiger partial charge in [-0.15, -0.1) is 0 Å². The average molecular weight is 430 g/mol. The molecule has 0 aromatic heterocycles. The summed E-state index contributed by atoms with van der Waals surface area (Å²) in [5.74, 6) is 0.723. The van der Waals surface area contributed by atoms with Crippen LogP contribution in [-0.2, 0) is 24.4 Å². The Labute approximate surface area is 190 Å². The van der Waals surface area contributed by atoms with Crippen molar-refractivity contribution < 1.29 is 9.53 Å². The van der Waals surface area contributed by atoms with E-state index in [1.165, 1.54) is 5.56 Å². The highest BCUT2D eigenvalue weighted by Crippen LogP contribution is 2.16. The van der Waals surface area contributed by atoms with Crippen molar-refractivity contribution in [2.24, 2.45) is 5.73 Å². The van der Waals surface area contributed by atoms with Crippen molar-refractivity contribution in [3.05, 3.63) is 102 Å². The smallest absolute Gasteiger partial charge is 0.237 e. The van der Waals surface area contributed by atoms with E-state index in [0.29, 0.717) is 13.0 Å². The van der Waals surface area contributed by atoms with Gasteiger partial charge in [-0.2, -0.15) is 0 Å². The first-order valence-electron chi connectivity index (χ1n) is 11.2. The van der Waals surface area contributed by atoms with Gasteiger partial charge in [-0.05, 0) is 41.7 Å². The van der Waals surface area contributed by atoms with Gasteiger partial charge in [-0.3, -0.25) is 9.69 Å². The van der Waals surface area contributed by atoms with E-state index in [4.69, 9.17) is 10.5 Å². The Morgan fingerprint density at radius 1 is 0.938 bits per heavy atom. The second-order valence-corrected chi connectivity index (χ2v) is 8.44. The van der Waals surface area contributed by atoms with Crippen LogP contribution in [-0.4, -0.2) is 36.0 Å². The molecule has 1 aliphatic rings. The number of benzene rings is 3. The Kier molecular flexibility index (Phi) is 7.54. The number of hydrogen-bond acceptors (Lipinski definition) is 4. The third-order valence-electron chi connectivity index (χ3n) is 5.83. The van der Waals surface area contributed by atoms with E-state index >= 15 is 0 Å². The molecule has 1 aliphatic heterocycles. The highest BCUT2D eigenvalue weighted by atomic mass is 16.5. The first-order valence-corrected chi connectivity index (χ1v) is 11.2. The second kappa shape index (κ2) is 10.9. The summed E-state index contributed by atoms with van der Waals surface area (Å²) in [6.45, 7) is 3.29. The van der Waals surface area contributed by atoms with Gasteiger partial charge < -0.3 is 15.8 Å². The lowest BCUT2D eigenvalue weighted by atomic mass is 10.1. The van der Waals surface area contributed by atoms with Gasteiger partial charge >= 0.3 is 0 Å². The molecule has 5 nitrogen and oxygen atoms in total. The molecule has 3 N–H and O–H groups in total. The molecule has 0 bridgehead atoms. The summed E-state index contributed by atoms with van der Waals surface area (Å²) in [5, 5.41) is 3.13. The number of rotatable bonds is 9. The molecule has 1 fully saturated rings. The van der Waals surface area contributed by atoms with Crippen LogP contribution in [0.15, 0.2) is 84.9 Å². The number of amides is 1. The molecule has 32 heavy (non-hydrogen) atoms. The predicted molar refractivity (Wildman–Crippen MR) is 127 cm³/mol. The number of carbonyl (C=O) groups excluding carboxylic acids is 1. The zero-order valence-electron chi connectivity index (χ0n) is 18.3. The maximum absolute atomic E-state index is 12.6. The molecule has 3 aromatic carbocycles. The molecule has 0 aliphatic carbocycles. The van der Waals surface area contributed by atoms with E-state index in [-0.39, 0.29) is 11.9 Å². The Balaban J connectivity index is 1.20. The van der Waals surface area contributed by atoms with E-state index < -0.39 is 6.04 Å². The first-order chi connectivity index (χ1) is 15.7. The Morgan fingerprint density at radius 2 is 1.59 bits per heavy atom. The van der Waals surface area contributed by atoms with Gasteiger partial charge in [0.2, 0.25) is 5.91 Å². The lowest BCUT2D eigenvalue weighted by Gasteiger charge is -2.19. The van der Waals surface area contributed by atoms with Gasteiger partial charge in [-0.1, -0.05) is 72.8 Å². The van der Waals surface area contributed by atoms with E-state index in [9.17, 15) is 4.79 Å². The fourth-order valence-corrected chi connectivity index (χ4v) is 4.05. The van der Waals surface area contributed by atoms with Gasteiger partial charge in [0.1, 0.15) is 12.4 Å². The van der Waals surface area contributed by atoms with Crippen LogP contribution >= 0.6 is 0 Å². The molecule has 1 heterocycles. The summed E-state index contributed by atoms with van der Waals surface area (Å²) in [4.78, 5) is 15.0. The fourth-order valence-electron chi connectivity index (χ4n) is 4.05. The van der Waals surface area contributed by atoms with Crippen LogP contribution in [0, 0.1) is 0 Å². The molecule has 3 aromatic rings. The molecule has 0 radical (unpaired) electrons. The summed E-state index contributed by atoms with van der Waals surface area (Å²) in [6.07, 6.45) is 1.46. The largest absolute Gasteiger partial charge is 0.489 e. The van der Waals surface area contributed by atoms with Crippen LogP contribution in [0.3, 0.4) is 0 Å². The minimum absolute atomic E-state index is 0.0824. The molecule has 1 saturated heterocycles. The normalized spacial score (nSPS) is 17.1. The van der Waals surface area contributed by atoms with Crippen LogP contribution in [0.5, 0.6) is 5.75 Å². The van der Waals surface area contributed by atoms with E-state index in [1.807, 2.05) is 60.7 Å². The maximum atomic E-state index is 12.6. The second-order valence-electron chi connectivity index (χ2n) is 8.44. The van der Waals surface area contributed by atoms with Crippen LogP contribution in [0.25, 0.3) is 0 Å². The van der Waals surface area contributed by atoms with Gasteiger partial charge in [0.25, 0.3) is 0 Å². The zero-order chi connectivity index (χ0) is 22.2. The Bertz CT molecular complexity index is 977. The summed E-state index contributed by atoms with van der Waals surface area (Å²) in [5.41, 5.74) is 9.65. The van der Waals surface area contributed by atoms with Crippen molar-refractivity contribution in [1.29, 1.82) is 0 Å².